The molecule has 3 N–H and O–H groups in total. The fourth-order valence-corrected chi connectivity index (χ4v) is 2.90. The molecule has 0 radical (unpaired) electrons. The standard InChI is InChI=1S/C20H23N3O3/c21-18(15-6-2-1-3-7-15)13-22-19(24)14-26-17-9-4-8-16(12-17)23-11-5-10-20(23)25/h1-4,6-9,12,18H,5,10-11,13-14,21H2,(H,22,24). The van der Waals surface area contributed by atoms with Crippen molar-refractivity contribution in [3.05, 3.63) is 60.2 Å². The Morgan fingerprint density at radius 2 is 2.00 bits per heavy atom. The van der Waals surface area contributed by atoms with Gasteiger partial charge in [-0.3, -0.25) is 9.59 Å². The van der Waals surface area contributed by atoms with E-state index in [9.17, 15) is 9.59 Å². The molecular formula is C20H23N3O3. The highest BCUT2D eigenvalue weighted by molar-refractivity contribution is 5.95. The normalized spacial score (nSPS) is 15.0. The molecule has 1 saturated heterocycles. The van der Waals surface area contributed by atoms with Gasteiger partial charge in [0.05, 0.1) is 0 Å². The highest BCUT2D eigenvalue weighted by atomic mass is 16.5. The van der Waals surface area contributed by atoms with E-state index in [2.05, 4.69) is 5.32 Å². The largest absolute Gasteiger partial charge is 0.484 e. The number of amides is 2. The number of rotatable bonds is 7. The average Bonchev–Trinajstić information content (AvgIpc) is 3.11. The van der Waals surface area contributed by atoms with Gasteiger partial charge in [0.1, 0.15) is 5.75 Å². The third-order valence-corrected chi connectivity index (χ3v) is 4.32. The zero-order chi connectivity index (χ0) is 18.4. The van der Waals surface area contributed by atoms with Crippen LogP contribution in [0.15, 0.2) is 54.6 Å². The van der Waals surface area contributed by atoms with E-state index in [0.29, 0.717) is 18.7 Å². The Kier molecular flexibility index (Phi) is 5.86. The molecular weight excluding hydrogens is 330 g/mol. The zero-order valence-corrected chi connectivity index (χ0v) is 14.6. The van der Waals surface area contributed by atoms with Crippen molar-refractivity contribution in [1.82, 2.24) is 5.32 Å². The van der Waals surface area contributed by atoms with Crippen LogP contribution < -0.4 is 20.7 Å². The summed E-state index contributed by atoms with van der Waals surface area (Å²) in [6.07, 6.45) is 1.45. The summed E-state index contributed by atoms with van der Waals surface area (Å²) in [4.78, 5) is 25.6. The maximum Gasteiger partial charge on any atom is 0.258 e. The summed E-state index contributed by atoms with van der Waals surface area (Å²) in [5, 5.41) is 2.77. The number of nitrogens with two attached hydrogens (primary N) is 1. The molecule has 0 aliphatic carbocycles. The first-order chi connectivity index (χ1) is 12.6. The molecule has 1 heterocycles. The number of nitrogens with one attached hydrogen (secondary N) is 1. The first kappa shape index (κ1) is 17.9. The maximum absolute atomic E-state index is 12.0. The summed E-state index contributed by atoms with van der Waals surface area (Å²) in [5.41, 5.74) is 7.83. The molecule has 3 rings (SSSR count). The predicted molar refractivity (Wildman–Crippen MR) is 99.9 cm³/mol. The SMILES string of the molecule is NC(CNC(=O)COc1cccc(N2CCCC2=O)c1)c1ccccc1. The first-order valence-corrected chi connectivity index (χ1v) is 8.74. The molecule has 6 nitrogen and oxygen atoms in total. The van der Waals surface area contributed by atoms with E-state index in [0.717, 1.165) is 24.2 Å². The van der Waals surface area contributed by atoms with Crippen molar-refractivity contribution in [2.45, 2.75) is 18.9 Å². The Labute approximate surface area is 152 Å². The summed E-state index contributed by atoms with van der Waals surface area (Å²) >= 11 is 0. The second kappa shape index (κ2) is 8.49. The van der Waals surface area contributed by atoms with Gasteiger partial charge >= 0.3 is 0 Å². The van der Waals surface area contributed by atoms with Crippen LogP contribution in [0, 0.1) is 0 Å². The Hall–Kier alpha value is -2.86. The third-order valence-electron chi connectivity index (χ3n) is 4.32. The lowest BCUT2D eigenvalue weighted by Gasteiger charge is -2.17. The Bertz CT molecular complexity index is 764. The monoisotopic (exact) mass is 353 g/mol. The number of hydrogen-bond donors (Lipinski definition) is 2. The van der Waals surface area contributed by atoms with Crippen molar-refractivity contribution in [3.63, 3.8) is 0 Å². The first-order valence-electron chi connectivity index (χ1n) is 8.74. The lowest BCUT2D eigenvalue weighted by atomic mass is 10.1. The van der Waals surface area contributed by atoms with E-state index in [4.69, 9.17) is 10.5 Å². The average molecular weight is 353 g/mol. The van der Waals surface area contributed by atoms with Gasteiger partial charge in [-0.2, -0.15) is 0 Å². The van der Waals surface area contributed by atoms with Gasteiger partial charge in [-0.05, 0) is 24.1 Å². The number of anilines is 1. The van der Waals surface area contributed by atoms with Gasteiger partial charge in [0.15, 0.2) is 6.61 Å². The lowest BCUT2D eigenvalue weighted by molar-refractivity contribution is -0.123. The highest BCUT2D eigenvalue weighted by Gasteiger charge is 2.21. The van der Waals surface area contributed by atoms with E-state index in [1.807, 2.05) is 42.5 Å². The van der Waals surface area contributed by atoms with Gasteiger partial charge in [-0.1, -0.05) is 36.4 Å². The van der Waals surface area contributed by atoms with Crippen LogP contribution in [0.5, 0.6) is 5.75 Å². The molecule has 0 spiro atoms. The lowest BCUT2D eigenvalue weighted by Crippen LogP contribution is -2.35. The summed E-state index contributed by atoms with van der Waals surface area (Å²) < 4.78 is 5.55. The molecule has 1 aliphatic heterocycles. The summed E-state index contributed by atoms with van der Waals surface area (Å²) in [6, 6.07) is 16.6. The van der Waals surface area contributed by atoms with Crippen molar-refractivity contribution in [3.8, 4) is 5.75 Å². The molecule has 6 heteroatoms. The summed E-state index contributed by atoms with van der Waals surface area (Å²) in [5.74, 6) is 0.443. The summed E-state index contributed by atoms with van der Waals surface area (Å²) in [6.45, 7) is 0.966. The molecule has 1 fully saturated rings. The molecule has 0 bridgehead atoms. The van der Waals surface area contributed by atoms with Gasteiger partial charge in [0.2, 0.25) is 5.91 Å². The molecule has 2 amide bonds. The van der Waals surface area contributed by atoms with Crippen molar-refractivity contribution in [2.75, 3.05) is 24.6 Å². The number of hydrogen-bond acceptors (Lipinski definition) is 4. The minimum Gasteiger partial charge on any atom is -0.484 e. The number of ether oxygens (including phenoxy) is 1. The molecule has 1 unspecified atom stereocenters. The fourth-order valence-electron chi connectivity index (χ4n) is 2.90. The molecule has 26 heavy (non-hydrogen) atoms. The van der Waals surface area contributed by atoms with Gasteiger partial charge in [-0.15, -0.1) is 0 Å². The van der Waals surface area contributed by atoms with Gasteiger partial charge in [-0.25, -0.2) is 0 Å². The second-order valence-corrected chi connectivity index (χ2v) is 6.26. The van der Waals surface area contributed by atoms with Crippen LogP contribution in [0.2, 0.25) is 0 Å². The van der Waals surface area contributed by atoms with Gasteiger partial charge in [0.25, 0.3) is 5.91 Å². The molecule has 0 saturated carbocycles. The minimum absolute atomic E-state index is 0.0983. The van der Waals surface area contributed by atoms with Crippen LogP contribution in [0.1, 0.15) is 24.4 Å². The van der Waals surface area contributed by atoms with Gasteiger partial charge in [0, 0.05) is 37.3 Å². The van der Waals surface area contributed by atoms with Crippen LogP contribution in [0.3, 0.4) is 0 Å². The Morgan fingerprint density at radius 3 is 2.73 bits per heavy atom. The zero-order valence-electron chi connectivity index (χ0n) is 14.6. The highest BCUT2D eigenvalue weighted by Crippen LogP contribution is 2.25. The van der Waals surface area contributed by atoms with Crippen LogP contribution in [-0.4, -0.2) is 31.5 Å². The van der Waals surface area contributed by atoms with Crippen molar-refractivity contribution in [1.29, 1.82) is 0 Å². The Morgan fingerprint density at radius 1 is 1.19 bits per heavy atom. The van der Waals surface area contributed by atoms with Crippen LogP contribution in [0.4, 0.5) is 5.69 Å². The second-order valence-electron chi connectivity index (χ2n) is 6.26. The van der Waals surface area contributed by atoms with Crippen molar-refractivity contribution < 1.29 is 14.3 Å². The molecule has 1 atom stereocenters. The summed E-state index contributed by atoms with van der Waals surface area (Å²) in [7, 11) is 0. The predicted octanol–water partition coefficient (Wildman–Crippen LogP) is 2.01. The van der Waals surface area contributed by atoms with Gasteiger partial charge < -0.3 is 20.7 Å². The fraction of sp³-hybridized carbons (Fsp3) is 0.300. The number of nitrogens with zero attached hydrogens (tertiary/aromatic N) is 1. The molecule has 1 aliphatic rings. The molecule has 136 valence electrons. The minimum atomic E-state index is -0.260. The molecule has 0 aromatic heterocycles. The van der Waals surface area contributed by atoms with Crippen LogP contribution in [0.25, 0.3) is 0 Å². The third kappa shape index (κ3) is 4.61. The van der Waals surface area contributed by atoms with E-state index in [-0.39, 0.29) is 24.5 Å². The van der Waals surface area contributed by atoms with E-state index >= 15 is 0 Å². The maximum atomic E-state index is 12.0. The molecule has 2 aromatic carbocycles. The van der Waals surface area contributed by atoms with E-state index in [1.54, 1.807) is 17.0 Å². The smallest absolute Gasteiger partial charge is 0.258 e. The van der Waals surface area contributed by atoms with Crippen molar-refractivity contribution >= 4 is 17.5 Å². The number of carbonyl (C=O) groups is 2. The topological polar surface area (TPSA) is 84.7 Å². The van der Waals surface area contributed by atoms with E-state index in [1.165, 1.54) is 0 Å². The number of benzene rings is 2. The quantitative estimate of drug-likeness (QED) is 0.797. The molecule has 2 aromatic rings. The van der Waals surface area contributed by atoms with Crippen LogP contribution >= 0.6 is 0 Å². The Balaban J connectivity index is 1.48. The van der Waals surface area contributed by atoms with Crippen molar-refractivity contribution in [2.24, 2.45) is 5.73 Å². The van der Waals surface area contributed by atoms with Crippen LogP contribution in [-0.2, 0) is 9.59 Å². The van der Waals surface area contributed by atoms with E-state index < -0.39 is 0 Å². The number of carbonyl (C=O) groups excluding carboxylic acids is 2.